The average molecular weight is 233 g/mol. The first kappa shape index (κ1) is 11.1. The van der Waals surface area contributed by atoms with E-state index in [4.69, 9.17) is 0 Å². The molecule has 3 rings (SSSR count). The van der Waals surface area contributed by atoms with E-state index in [-0.39, 0.29) is 0 Å². The summed E-state index contributed by atoms with van der Waals surface area (Å²) in [5.74, 6) is 1.95. The Kier molecular flexibility index (Phi) is 3.08. The van der Waals surface area contributed by atoms with E-state index in [1.54, 1.807) is 0 Å². The van der Waals surface area contributed by atoms with Gasteiger partial charge in [0.25, 0.3) is 0 Å². The van der Waals surface area contributed by atoms with Crippen LogP contribution in [-0.4, -0.2) is 15.6 Å². The van der Waals surface area contributed by atoms with E-state index in [0.29, 0.717) is 6.04 Å². The van der Waals surface area contributed by atoms with Crippen molar-refractivity contribution in [3.63, 3.8) is 0 Å². The first-order chi connectivity index (χ1) is 8.38. The summed E-state index contributed by atoms with van der Waals surface area (Å²) >= 11 is 0. The Hall–Kier alpha value is -0.990. The van der Waals surface area contributed by atoms with Crippen molar-refractivity contribution in [2.45, 2.75) is 64.0 Å². The third kappa shape index (κ3) is 2.33. The van der Waals surface area contributed by atoms with Crippen LogP contribution in [-0.2, 0) is 0 Å². The molecule has 2 aliphatic rings. The largest absolute Gasteiger partial charge is 0.353 e. The van der Waals surface area contributed by atoms with Gasteiger partial charge in [0.2, 0.25) is 5.95 Å². The van der Waals surface area contributed by atoms with Crippen molar-refractivity contribution >= 4 is 5.95 Å². The fraction of sp³-hybridized carbons (Fsp3) is 0.786. The van der Waals surface area contributed by atoms with E-state index < -0.39 is 0 Å². The lowest BCUT2D eigenvalue weighted by molar-refractivity contribution is 0.315. The van der Waals surface area contributed by atoms with Gasteiger partial charge in [-0.05, 0) is 31.6 Å². The molecule has 2 aliphatic carbocycles. The van der Waals surface area contributed by atoms with Crippen molar-refractivity contribution in [2.75, 3.05) is 5.32 Å². The monoisotopic (exact) mass is 233 g/mol. The first-order valence-electron chi connectivity index (χ1n) is 7.18. The van der Waals surface area contributed by atoms with Gasteiger partial charge in [0, 0.05) is 24.5 Å². The molecule has 3 heteroatoms. The Balaban J connectivity index is 1.69. The number of rotatable bonds is 4. The van der Waals surface area contributed by atoms with Gasteiger partial charge in [0.05, 0.1) is 0 Å². The van der Waals surface area contributed by atoms with Gasteiger partial charge < -0.3 is 9.88 Å². The number of hydrogen-bond donors (Lipinski definition) is 1. The predicted octanol–water partition coefficient (Wildman–Crippen LogP) is 3.60. The second-order valence-electron chi connectivity index (χ2n) is 5.59. The Morgan fingerprint density at radius 3 is 2.88 bits per heavy atom. The zero-order chi connectivity index (χ0) is 11.7. The van der Waals surface area contributed by atoms with E-state index in [0.717, 1.165) is 17.9 Å². The number of aromatic nitrogens is 2. The van der Waals surface area contributed by atoms with Crippen LogP contribution in [0, 0.1) is 5.92 Å². The minimum Gasteiger partial charge on any atom is -0.353 e. The van der Waals surface area contributed by atoms with E-state index in [2.05, 4.69) is 28.0 Å². The lowest BCUT2D eigenvalue weighted by atomic mass is 9.83. The summed E-state index contributed by atoms with van der Waals surface area (Å²) in [6.07, 6.45) is 13.5. The van der Waals surface area contributed by atoms with Gasteiger partial charge in [-0.1, -0.05) is 26.2 Å². The SMILES string of the molecule is CCC1CCCCC1Nc1nccn1C1CC1. The normalized spacial score (nSPS) is 29.2. The van der Waals surface area contributed by atoms with Crippen molar-refractivity contribution in [2.24, 2.45) is 5.92 Å². The molecule has 0 aromatic carbocycles. The molecular formula is C14H23N3. The van der Waals surface area contributed by atoms with Crippen LogP contribution < -0.4 is 5.32 Å². The smallest absolute Gasteiger partial charge is 0.203 e. The molecule has 2 unspecified atom stereocenters. The maximum absolute atomic E-state index is 4.49. The summed E-state index contributed by atoms with van der Waals surface area (Å²) in [6.45, 7) is 2.32. The van der Waals surface area contributed by atoms with Gasteiger partial charge in [-0.15, -0.1) is 0 Å². The van der Waals surface area contributed by atoms with Crippen molar-refractivity contribution in [3.05, 3.63) is 12.4 Å². The Labute approximate surface area is 104 Å². The van der Waals surface area contributed by atoms with Crippen molar-refractivity contribution in [3.8, 4) is 0 Å². The third-order valence-electron chi connectivity index (χ3n) is 4.36. The first-order valence-corrected chi connectivity index (χ1v) is 7.18. The van der Waals surface area contributed by atoms with E-state index in [1.807, 2.05) is 6.20 Å². The van der Waals surface area contributed by atoms with Gasteiger partial charge in [-0.25, -0.2) is 4.98 Å². The molecule has 1 heterocycles. The summed E-state index contributed by atoms with van der Waals surface area (Å²) < 4.78 is 2.33. The second kappa shape index (κ2) is 4.71. The number of nitrogens with zero attached hydrogens (tertiary/aromatic N) is 2. The van der Waals surface area contributed by atoms with Gasteiger partial charge >= 0.3 is 0 Å². The van der Waals surface area contributed by atoms with Crippen LogP contribution >= 0.6 is 0 Å². The summed E-state index contributed by atoms with van der Waals surface area (Å²) in [4.78, 5) is 4.49. The fourth-order valence-corrected chi connectivity index (χ4v) is 3.12. The van der Waals surface area contributed by atoms with Crippen LogP contribution in [0.4, 0.5) is 5.95 Å². The van der Waals surface area contributed by atoms with Crippen molar-refractivity contribution < 1.29 is 0 Å². The number of hydrogen-bond acceptors (Lipinski definition) is 2. The zero-order valence-corrected chi connectivity index (χ0v) is 10.7. The number of imidazole rings is 1. The van der Waals surface area contributed by atoms with Gasteiger partial charge in [0.1, 0.15) is 0 Å². The number of nitrogens with one attached hydrogen (secondary N) is 1. The molecule has 2 saturated carbocycles. The molecule has 2 fully saturated rings. The maximum atomic E-state index is 4.49. The van der Waals surface area contributed by atoms with Crippen LogP contribution in [0.3, 0.4) is 0 Å². The summed E-state index contributed by atoms with van der Waals surface area (Å²) in [6, 6.07) is 1.37. The lowest BCUT2D eigenvalue weighted by Gasteiger charge is -2.32. The molecule has 94 valence electrons. The Morgan fingerprint density at radius 1 is 1.29 bits per heavy atom. The fourth-order valence-electron chi connectivity index (χ4n) is 3.12. The van der Waals surface area contributed by atoms with Crippen LogP contribution in [0.5, 0.6) is 0 Å². The van der Waals surface area contributed by atoms with Crippen molar-refractivity contribution in [1.29, 1.82) is 0 Å². The highest BCUT2D eigenvalue weighted by Gasteiger charge is 2.28. The molecule has 0 saturated heterocycles. The van der Waals surface area contributed by atoms with Crippen LogP contribution in [0.15, 0.2) is 12.4 Å². The molecule has 1 N–H and O–H groups in total. The molecule has 0 radical (unpaired) electrons. The zero-order valence-electron chi connectivity index (χ0n) is 10.7. The molecule has 1 aromatic heterocycles. The molecular weight excluding hydrogens is 210 g/mol. The molecule has 0 amide bonds. The summed E-state index contributed by atoms with van der Waals surface area (Å²) in [5.41, 5.74) is 0. The van der Waals surface area contributed by atoms with Gasteiger partial charge in [-0.3, -0.25) is 0 Å². The molecule has 2 atom stereocenters. The molecule has 1 aromatic rings. The highest BCUT2D eigenvalue weighted by molar-refractivity contribution is 5.30. The minimum absolute atomic E-state index is 0.647. The summed E-state index contributed by atoms with van der Waals surface area (Å²) in [5, 5.41) is 3.70. The highest BCUT2D eigenvalue weighted by Crippen LogP contribution is 2.37. The Bertz CT molecular complexity index is 367. The van der Waals surface area contributed by atoms with Crippen molar-refractivity contribution in [1.82, 2.24) is 9.55 Å². The molecule has 0 spiro atoms. The van der Waals surface area contributed by atoms with E-state index in [9.17, 15) is 0 Å². The van der Waals surface area contributed by atoms with E-state index in [1.165, 1.54) is 44.9 Å². The topological polar surface area (TPSA) is 29.9 Å². The van der Waals surface area contributed by atoms with E-state index >= 15 is 0 Å². The predicted molar refractivity (Wildman–Crippen MR) is 70.2 cm³/mol. The van der Waals surface area contributed by atoms with Crippen LogP contribution in [0.2, 0.25) is 0 Å². The maximum Gasteiger partial charge on any atom is 0.203 e. The summed E-state index contributed by atoms with van der Waals surface area (Å²) in [7, 11) is 0. The van der Waals surface area contributed by atoms with Gasteiger partial charge in [0.15, 0.2) is 0 Å². The second-order valence-corrected chi connectivity index (χ2v) is 5.59. The molecule has 0 bridgehead atoms. The van der Waals surface area contributed by atoms with Crippen LogP contribution in [0.1, 0.15) is 57.9 Å². The van der Waals surface area contributed by atoms with Gasteiger partial charge in [-0.2, -0.15) is 0 Å². The lowest BCUT2D eigenvalue weighted by Crippen LogP contribution is -2.32. The average Bonchev–Trinajstić information content (AvgIpc) is 3.11. The molecule has 3 nitrogen and oxygen atoms in total. The quantitative estimate of drug-likeness (QED) is 0.861. The molecule has 0 aliphatic heterocycles. The number of anilines is 1. The molecule has 17 heavy (non-hydrogen) atoms. The standard InChI is InChI=1S/C14H23N3/c1-2-11-5-3-4-6-13(11)16-14-15-9-10-17(14)12-7-8-12/h9-13H,2-8H2,1H3,(H,15,16). The highest BCUT2D eigenvalue weighted by atomic mass is 15.2. The third-order valence-corrected chi connectivity index (χ3v) is 4.36. The minimum atomic E-state index is 0.647. The van der Waals surface area contributed by atoms with Crippen LogP contribution in [0.25, 0.3) is 0 Å². The Morgan fingerprint density at radius 2 is 2.12 bits per heavy atom.